The molecular formula is C15H18N2O2. The number of carboxylic acids is 1. The van der Waals surface area contributed by atoms with Crippen LogP contribution >= 0.6 is 0 Å². The van der Waals surface area contributed by atoms with Crippen molar-refractivity contribution in [1.29, 1.82) is 0 Å². The van der Waals surface area contributed by atoms with Gasteiger partial charge in [-0.1, -0.05) is 38.0 Å². The van der Waals surface area contributed by atoms with E-state index in [-0.39, 0.29) is 0 Å². The summed E-state index contributed by atoms with van der Waals surface area (Å²) in [7, 11) is 0. The lowest BCUT2D eigenvalue weighted by Crippen LogP contribution is -2.29. The number of rotatable bonds is 6. The van der Waals surface area contributed by atoms with E-state index in [0.717, 1.165) is 29.4 Å². The molecule has 0 spiro atoms. The fraction of sp³-hybridized carbons (Fsp3) is 0.333. The molecule has 100 valence electrons. The average molecular weight is 258 g/mol. The van der Waals surface area contributed by atoms with Crippen LogP contribution in [0.2, 0.25) is 0 Å². The highest BCUT2D eigenvalue weighted by Crippen LogP contribution is 2.22. The first kappa shape index (κ1) is 13.3. The predicted octanol–water partition coefficient (Wildman–Crippen LogP) is 3.29. The Morgan fingerprint density at radius 3 is 2.89 bits per heavy atom. The van der Waals surface area contributed by atoms with Crippen LogP contribution in [-0.4, -0.2) is 22.1 Å². The van der Waals surface area contributed by atoms with E-state index >= 15 is 0 Å². The van der Waals surface area contributed by atoms with Gasteiger partial charge in [0.1, 0.15) is 6.04 Å². The molecule has 0 bridgehead atoms. The van der Waals surface area contributed by atoms with Crippen LogP contribution in [0.4, 0.5) is 5.69 Å². The first-order chi connectivity index (χ1) is 9.22. The quantitative estimate of drug-likeness (QED) is 0.834. The summed E-state index contributed by atoms with van der Waals surface area (Å²) in [6, 6.07) is 8.99. The number of nitrogens with zero attached hydrogens (tertiary/aromatic N) is 1. The molecule has 0 radical (unpaired) electrons. The molecule has 1 heterocycles. The summed E-state index contributed by atoms with van der Waals surface area (Å²) < 4.78 is 0. The fourth-order valence-corrected chi connectivity index (χ4v) is 2.08. The zero-order valence-electron chi connectivity index (χ0n) is 11.0. The van der Waals surface area contributed by atoms with E-state index in [9.17, 15) is 9.90 Å². The van der Waals surface area contributed by atoms with E-state index in [1.807, 2.05) is 30.3 Å². The number of aromatic nitrogens is 1. The van der Waals surface area contributed by atoms with Crippen molar-refractivity contribution in [2.75, 3.05) is 5.32 Å². The van der Waals surface area contributed by atoms with Gasteiger partial charge in [-0.05, 0) is 18.6 Å². The summed E-state index contributed by atoms with van der Waals surface area (Å²) in [5.74, 6) is -0.811. The maximum absolute atomic E-state index is 11.3. The maximum atomic E-state index is 11.3. The summed E-state index contributed by atoms with van der Waals surface area (Å²) in [5.41, 5.74) is 1.70. The number of anilines is 1. The van der Waals surface area contributed by atoms with Crippen molar-refractivity contribution in [1.82, 2.24) is 4.98 Å². The van der Waals surface area contributed by atoms with Gasteiger partial charge in [-0.15, -0.1) is 0 Å². The van der Waals surface area contributed by atoms with E-state index in [2.05, 4.69) is 17.2 Å². The Kier molecular flexibility index (Phi) is 4.34. The Hall–Kier alpha value is -2.10. The topological polar surface area (TPSA) is 62.2 Å². The minimum atomic E-state index is -0.811. The van der Waals surface area contributed by atoms with Crippen molar-refractivity contribution >= 4 is 22.6 Å². The smallest absolute Gasteiger partial charge is 0.326 e. The Bertz CT molecular complexity index is 564. The van der Waals surface area contributed by atoms with Gasteiger partial charge in [-0.25, -0.2) is 4.79 Å². The third kappa shape index (κ3) is 3.22. The van der Waals surface area contributed by atoms with Gasteiger partial charge < -0.3 is 10.4 Å². The molecule has 2 N–H and O–H groups in total. The van der Waals surface area contributed by atoms with E-state index in [1.165, 1.54) is 0 Å². The zero-order chi connectivity index (χ0) is 13.7. The van der Waals surface area contributed by atoms with Crippen LogP contribution in [0, 0.1) is 0 Å². The number of fused-ring (bicyclic) bond motifs is 1. The molecule has 0 fully saturated rings. The van der Waals surface area contributed by atoms with Crippen LogP contribution in [0.1, 0.15) is 26.2 Å². The molecular weight excluding hydrogens is 240 g/mol. The molecule has 1 aromatic carbocycles. The Labute approximate surface area is 112 Å². The van der Waals surface area contributed by atoms with E-state index in [1.54, 1.807) is 6.20 Å². The van der Waals surface area contributed by atoms with Crippen LogP contribution in [-0.2, 0) is 4.79 Å². The van der Waals surface area contributed by atoms with Crippen molar-refractivity contribution < 1.29 is 9.90 Å². The summed E-state index contributed by atoms with van der Waals surface area (Å²) in [6.07, 6.45) is 4.21. The first-order valence-corrected chi connectivity index (χ1v) is 6.55. The van der Waals surface area contributed by atoms with E-state index < -0.39 is 12.0 Å². The Balaban J connectivity index is 2.26. The summed E-state index contributed by atoms with van der Waals surface area (Å²) in [6.45, 7) is 2.06. The molecule has 19 heavy (non-hydrogen) atoms. The van der Waals surface area contributed by atoms with Crippen LogP contribution in [0.5, 0.6) is 0 Å². The molecule has 4 nitrogen and oxygen atoms in total. The van der Waals surface area contributed by atoms with Crippen molar-refractivity contribution in [2.45, 2.75) is 32.2 Å². The van der Waals surface area contributed by atoms with Crippen LogP contribution in [0.3, 0.4) is 0 Å². The molecule has 0 aliphatic carbocycles. The standard InChI is InChI=1S/C15H18N2O2/c1-2-3-7-14(15(18)19)17-13-9-10-16-12-8-5-4-6-11(12)13/h4-6,8-10,14H,2-3,7H2,1H3,(H,16,17)(H,18,19). The SMILES string of the molecule is CCCCC(Nc1ccnc2ccccc12)C(=O)O. The van der Waals surface area contributed by atoms with E-state index in [4.69, 9.17) is 0 Å². The molecule has 1 unspecified atom stereocenters. The lowest BCUT2D eigenvalue weighted by molar-refractivity contribution is -0.138. The largest absolute Gasteiger partial charge is 0.480 e. The number of unbranched alkanes of at least 4 members (excludes halogenated alkanes) is 1. The predicted molar refractivity (Wildman–Crippen MR) is 76.3 cm³/mol. The van der Waals surface area contributed by atoms with Gasteiger partial charge in [0.2, 0.25) is 0 Å². The molecule has 0 saturated heterocycles. The highest BCUT2D eigenvalue weighted by atomic mass is 16.4. The van der Waals surface area contributed by atoms with Crippen LogP contribution < -0.4 is 5.32 Å². The number of nitrogens with one attached hydrogen (secondary N) is 1. The van der Waals surface area contributed by atoms with Gasteiger partial charge in [-0.2, -0.15) is 0 Å². The minimum absolute atomic E-state index is 0.550. The van der Waals surface area contributed by atoms with Crippen molar-refractivity contribution in [3.05, 3.63) is 36.5 Å². The first-order valence-electron chi connectivity index (χ1n) is 6.55. The van der Waals surface area contributed by atoms with Gasteiger partial charge in [0.15, 0.2) is 0 Å². The highest BCUT2D eigenvalue weighted by molar-refractivity contribution is 5.92. The molecule has 0 aliphatic heterocycles. The number of carboxylic acid groups (broad SMARTS) is 1. The normalized spacial score (nSPS) is 12.3. The molecule has 1 aromatic heterocycles. The van der Waals surface area contributed by atoms with E-state index in [0.29, 0.717) is 6.42 Å². The van der Waals surface area contributed by atoms with Crippen molar-refractivity contribution in [2.24, 2.45) is 0 Å². The van der Waals surface area contributed by atoms with Gasteiger partial charge in [0.05, 0.1) is 5.52 Å². The summed E-state index contributed by atoms with van der Waals surface area (Å²) in [4.78, 5) is 15.5. The molecule has 1 atom stereocenters. The van der Waals surface area contributed by atoms with Crippen molar-refractivity contribution in [3.8, 4) is 0 Å². The van der Waals surface area contributed by atoms with Crippen LogP contribution in [0.15, 0.2) is 36.5 Å². The van der Waals surface area contributed by atoms with Gasteiger partial charge in [-0.3, -0.25) is 4.98 Å². The number of pyridine rings is 1. The zero-order valence-corrected chi connectivity index (χ0v) is 11.0. The third-order valence-electron chi connectivity index (χ3n) is 3.12. The second-order valence-electron chi connectivity index (χ2n) is 4.55. The van der Waals surface area contributed by atoms with Gasteiger partial charge in [0.25, 0.3) is 0 Å². The number of carbonyl (C=O) groups is 1. The number of hydrogen-bond acceptors (Lipinski definition) is 3. The molecule has 2 aromatic rings. The minimum Gasteiger partial charge on any atom is -0.480 e. The lowest BCUT2D eigenvalue weighted by atomic mass is 10.1. The highest BCUT2D eigenvalue weighted by Gasteiger charge is 2.17. The van der Waals surface area contributed by atoms with Gasteiger partial charge >= 0.3 is 5.97 Å². The second kappa shape index (κ2) is 6.18. The molecule has 4 heteroatoms. The number of benzene rings is 1. The van der Waals surface area contributed by atoms with Crippen molar-refractivity contribution in [3.63, 3.8) is 0 Å². The summed E-state index contributed by atoms with van der Waals surface area (Å²) >= 11 is 0. The molecule has 0 amide bonds. The molecule has 2 rings (SSSR count). The Morgan fingerprint density at radius 1 is 1.37 bits per heavy atom. The fourth-order valence-electron chi connectivity index (χ4n) is 2.08. The third-order valence-corrected chi connectivity index (χ3v) is 3.12. The monoisotopic (exact) mass is 258 g/mol. The lowest BCUT2D eigenvalue weighted by Gasteiger charge is -2.16. The number of para-hydroxylation sites is 1. The maximum Gasteiger partial charge on any atom is 0.326 e. The average Bonchev–Trinajstić information content (AvgIpc) is 2.43. The molecule has 0 aliphatic rings. The van der Waals surface area contributed by atoms with Crippen LogP contribution in [0.25, 0.3) is 10.9 Å². The molecule has 0 saturated carbocycles. The Morgan fingerprint density at radius 2 is 2.16 bits per heavy atom. The summed E-state index contributed by atoms with van der Waals surface area (Å²) in [5, 5.41) is 13.3. The number of hydrogen-bond donors (Lipinski definition) is 2. The number of aliphatic carboxylic acids is 1. The second-order valence-corrected chi connectivity index (χ2v) is 4.55. The van der Waals surface area contributed by atoms with Gasteiger partial charge in [0, 0.05) is 17.3 Å².